The molecule has 1 aromatic heterocycles. The van der Waals surface area contributed by atoms with Crippen LogP contribution in [0, 0.1) is 0 Å². The highest BCUT2D eigenvalue weighted by Gasteiger charge is 2.30. The van der Waals surface area contributed by atoms with Gasteiger partial charge in [-0.15, -0.1) is 0 Å². The minimum Gasteiger partial charge on any atom is -0.296 e. The lowest BCUT2D eigenvalue weighted by atomic mass is 10.3. The lowest BCUT2D eigenvalue weighted by Crippen LogP contribution is -2.19. The van der Waals surface area contributed by atoms with Crippen LogP contribution >= 0.6 is 0 Å². The Labute approximate surface area is 79.1 Å². The van der Waals surface area contributed by atoms with Crippen molar-refractivity contribution in [2.75, 3.05) is 7.05 Å². The number of nitrogens with zero attached hydrogens (tertiary/aromatic N) is 3. The highest BCUT2D eigenvalue weighted by Crippen LogP contribution is 2.22. The normalized spacial score (nSPS) is 17.4. The Morgan fingerprint density at radius 3 is 2.71 bits per heavy atom. The second-order valence-corrected chi connectivity index (χ2v) is 3.59. The topological polar surface area (TPSA) is 21.1 Å². The molecule has 1 aliphatic rings. The lowest BCUT2D eigenvalue weighted by molar-refractivity contribution is -0.142. The molecule has 0 spiro atoms. The molecule has 0 bridgehead atoms. The molecule has 1 aromatic rings. The monoisotopic (exact) mass is 205 g/mol. The van der Waals surface area contributed by atoms with Crippen LogP contribution in [0.1, 0.15) is 11.3 Å². The van der Waals surface area contributed by atoms with Gasteiger partial charge in [-0.1, -0.05) is 0 Å². The van der Waals surface area contributed by atoms with E-state index in [1.54, 1.807) is 0 Å². The minimum atomic E-state index is -4.19. The third kappa shape index (κ3) is 1.89. The van der Waals surface area contributed by atoms with Gasteiger partial charge < -0.3 is 0 Å². The zero-order valence-corrected chi connectivity index (χ0v) is 7.67. The highest BCUT2D eigenvalue weighted by molar-refractivity contribution is 5.20. The second kappa shape index (κ2) is 2.98. The van der Waals surface area contributed by atoms with E-state index in [0.717, 1.165) is 15.9 Å². The van der Waals surface area contributed by atoms with Crippen LogP contribution in [0.25, 0.3) is 0 Å². The molecule has 0 unspecified atom stereocenters. The van der Waals surface area contributed by atoms with E-state index < -0.39 is 12.7 Å². The predicted octanol–water partition coefficient (Wildman–Crippen LogP) is 1.39. The van der Waals surface area contributed by atoms with Crippen molar-refractivity contribution in [3.05, 3.63) is 17.5 Å². The molecular weight excluding hydrogens is 195 g/mol. The summed E-state index contributed by atoms with van der Waals surface area (Å²) in [5.41, 5.74) is 1.66. The number of aromatic nitrogens is 2. The fraction of sp³-hybridized carbons (Fsp3) is 0.625. The molecular formula is C8H10F3N3. The van der Waals surface area contributed by atoms with E-state index >= 15 is 0 Å². The maximum absolute atomic E-state index is 12.0. The smallest absolute Gasteiger partial charge is 0.296 e. The van der Waals surface area contributed by atoms with Gasteiger partial charge in [0.1, 0.15) is 6.54 Å². The van der Waals surface area contributed by atoms with Crippen molar-refractivity contribution in [1.82, 2.24) is 14.7 Å². The van der Waals surface area contributed by atoms with Crippen LogP contribution in [0.2, 0.25) is 0 Å². The molecule has 2 rings (SSSR count). The Morgan fingerprint density at radius 1 is 1.43 bits per heavy atom. The van der Waals surface area contributed by atoms with Crippen molar-refractivity contribution in [3.63, 3.8) is 0 Å². The van der Waals surface area contributed by atoms with Gasteiger partial charge in [0.05, 0.1) is 5.69 Å². The summed E-state index contributed by atoms with van der Waals surface area (Å²) < 4.78 is 37.0. The molecule has 2 heterocycles. The van der Waals surface area contributed by atoms with Gasteiger partial charge in [-0.05, 0) is 7.05 Å². The van der Waals surface area contributed by atoms with Gasteiger partial charge in [-0.2, -0.15) is 18.3 Å². The Morgan fingerprint density at radius 2 is 2.14 bits per heavy atom. The maximum Gasteiger partial charge on any atom is 0.408 e. The molecule has 0 aromatic carbocycles. The number of fused-ring (bicyclic) bond motifs is 1. The third-order valence-electron chi connectivity index (χ3n) is 2.13. The molecule has 1 aliphatic heterocycles. The molecule has 0 saturated heterocycles. The standard InChI is InChI=1S/C8H10F3N3/c1-13-2-6-3-14(5-8(9,10)11)12-7(6)4-13/h3H,2,4-5H2,1H3. The SMILES string of the molecule is CN1Cc2cn(CC(F)(F)F)nc2C1. The van der Waals surface area contributed by atoms with Gasteiger partial charge in [0.2, 0.25) is 0 Å². The summed E-state index contributed by atoms with van der Waals surface area (Å²) in [6.45, 7) is 0.330. The van der Waals surface area contributed by atoms with Gasteiger partial charge in [0, 0.05) is 24.8 Å². The van der Waals surface area contributed by atoms with Crippen LogP contribution in [0.4, 0.5) is 13.2 Å². The van der Waals surface area contributed by atoms with E-state index in [0.29, 0.717) is 13.1 Å². The zero-order chi connectivity index (χ0) is 10.3. The van der Waals surface area contributed by atoms with Crippen LogP contribution < -0.4 is 0 Å². The fourth-order valence-corrected chi connectivity index (χ4v) is 1.63. The first-order valence-electron chi connectivity index (χ1n) is 4.24. The van der Waals surface area contributed by atoms with Gasteiger partial charge in [0.25, 0.3) is 0 Å². The zero-order valence-electron chi connectivity index (χ0n) is 7.67. The summed E-state index contributed by atoms with van der Waals surface area (Å²) in [5.74, 6) is 0. The Kier molecular flexibility index (Phi) is 2.02. The van der Waals surface area contributed by atoms with Crippen molar-refractivity contribution in [1.29, 1.82) is 0 Å². The van der Waals surface area contributed by atoms with Crippen molar-refractivity contribution in [3.8, 4) is 0 Å². The molecule has 6 heteroatoms. The van der Waals surface area contributed by atoms with E-state index in [1.807, 2.05) is 11.9 Å². The maximum atomic E-state index is 12.0. The molecule has 3 nitrogen and oxygen atoms in total. The summed E-state index contributed by atoms with van der Waals surface area (Å²) >= 11 is 0. The number of hydrogen-bond acceptors (Lipinski definition) is 2. The van der Waals surface area contributed by atoms with Crippen LogP contribution in [-0.2, 0) is 19.6 Å². The molecule has 0 fully saturated rings. The van der Waals surface area contributed by atoms with Gasteiger partial charge in [0.15, 0.2) is 0 Å². The summed E-state index contributed by atoms with van der Waals surface area (Å²) in [6, 6.07) is 0. The summed E-state index contributed by atoms with van der Waals surface area (Å²) in [7, 11) is 1.91. The molecule has 14 heavy (non-hydrogen) atoms. The van der Waals surface area contributed by atoms with Crippen LogP contribution in [-0.4, -0.2) is 27.9 Å². The second-order valence-electron chi connectivity index (χ2n) is 3.59. The van der Waals surface area contributed by atoms with Crippen molar-refractivity contribution in [2.24, 2.45) is 0 Å². The van der Waals surface area contributed by atoms with E-state index in [4.69, 9.17) is 0 Å². The van der Waals surface area contributed by atoms with Gasteiger partial charge in [-0.3, -0.25) is 9.58 Å². The number of alkyl halides is 3. The summed E-state index contributed by atoms with van der Waals surface area (Å²) in [6.07, 6.45) is -2.71. The molecule has 0 radical (unpaired) electrons. The van der Waals surface area contributed by atoms with Crippen LogP contribution in [0.15, 0.2) is 6.20 Å². The molecule has 78 valence electrons. The Bertz CT molecular complexity index is 319. The van der Waals surface area contributed by atoms with Crippen molar-refractivity contribution < 1.29 is 13.2 Å². The molecule has 0 aliphatic carbocycles. The van der Waals surface area contributed by atoms with Crippen molar-refractivity contribution in [2.45, 2.75) is 25.8 Å². The van der Waals surface area contributed by atoms with Crippen LogP contribution in [0.3, 0.4) is 0 Å². The first kappa shape index (κ1) is 9.51. The molecule has 0 atom stereocenters. The molecule has 0 N–H and O–H groups in total. The molecule has 0 amide bonds. The largest absolute Gasteiger partial charge is 0.408 e. The van der Waals surface area contributed by atoms with Crippen LogP contribution in [0.5, 0.6) is 0 Å². The first-order chi connectivity index (χ1) is 6.44. The molecule has 0 saturated carbocycles. The minimum absolute atomic E-state index is 0.639. The van der Waals surface area contributed by atoms with Gasteiger partial charge >= 0.3 is 6.18 Å². The van der Waals surface area contributed by atoms with E-state index in [2.05, 4.69) is 5.10 Å². The number of hydrogen-bond donors (Lipinski definition) is 0. The average Bonchev–Trinajstić information content (AvgIpc) is 2.39. The average molecular weight is 205 g/mol. The van der Waals surface area contributed by atoms with Crippen molar-refractivity contribution >= 4 is 0 Å². The first-order valence-corrected chi connectivity index (χ1v) is 4.24. The number of rotatable bonds is 1. The Hall–Kier alpha value is -1.04. The summed E-state index contributed by atoms with van der Waals surface area (Å²) in [4.78, 5) is 2.01. The lowest BCUT2D eigenvalue weighted by Gasteiger charge is -2.08. The number of halogens is 3. The quantitative estimate of drug-likeness (QED) is 0.690. The van der Waals surface area contributed by atoms with E-state index in [1.165, 1.54) is 6.20 Å². The third-order valence-corrected chi connectivity index (χ3v) is 2.13. The summed E-state index contributed by atoms with van der Waals surface area (Å²) in [5, 5.41) is 3.88. The van der Waals surface area contributed by atoms with E-state index in [9.17, 15) is 13.2 Å². The fourth-order valence-electron chi connectivity index (χ4n) is 1.63. The van der Waals surface area contributed by atoms with E-state index in [-0.39, 0.29) is 0 Å². The predicted molar refractivity (Wildman–Crippen MR) is 43.5 cm³/mol. The van der Waals surface area contributed by atoms with Gasteiger partial charge in [-0.25, -0.2) is 0 Å². The highest BCUT2D eigenvalue weighted by atomic mass is 19.4. The Balaban J connectivity index is 2.13.